The smallest absolute Gasteiger partial charge is 0.0364 e. The molecular weight excluding hydrogens is 344 g/mol. The number of thiophene rings is 1. The summed E-state index contributed by atoms with van der Waals surface area (Å²) in [4.78, 5) is 0. The van der Waals surface area contributed by atoms with Crippen LogP contribution in [0, 0.1) is 0 Å². The summed E-state index contributed by atoms with van der Waals surface area (Å²) in [5.74, 6) is 0. The highest BCUT2D eigenvalue weighted by Crippen LogP contribution is 2.43. The third-order valence-corrected chi connectivity index (χ3v) is 6.52. The van der Waals surface area contributed by atoms with Crippen molar-refractivity contribution in [3.8, 4) is 11.1 Å². The maximum absolute atomic E-state index is 2.41. The molecule has 0 nitrogen and oxygen atoms in total. The van der Waals surface area contributed by atoms with Crippen LogP contribution in [0.25, 0.3) is 42.1 Å². The standard InChI is InChI=1S/C26H22S/c1-26(2,3)20-15-22(19-13-12-17-8-4-5-9-18(17)14-19)25-21-10-6-7-11-23(21)27-24(25)16-20/h4-16H,1-3H3. The van der Waals surface area contributed by atoms with Gasteiger partial charge in [0.05, 0.1) is 0 Å². The van der Waals surface area contributed by atoms with Gasteiger partial charge in [-0.3, -0.25) is 0 Å². The quantitative estimate of drug-likeness (QED) is 0.280. The predicted octanol–water partition coefficient (Wildman–Crippen LogP) is 8.17. The van der Waals surface area contributed by atoms with Crippen LogP contribution in [-0.2, 0) is 5.41 Å². The molecule has 0 fully saturated rings. The normalized spacial score (nSPS) is 12.3. The third-order valence-electron chi connectivity index (χ3n) is 5.40. The van der Waals surface area contributed by atoms with Gasteiger partial charge in [0.25, 0.3) is 0 Å². The molecule has 0 bridgehead atoms. The highest BCUT2D eigenvalue weighted by atomic mass is 32.1. The molecule has 1 heteroatoms. The van der Waals surface area contributed by atoms with E-state index in [0.29, 0.717) is 0 Å². The number of benzene rings is 4. The molecule has 4 aromatic carbocycles. The Kier molecular flexibility index (Phi) is 3.63. The molecule has 0 amide bonds. The van der Waals surface area contributed by atoms with E-state index in [9.17, 15) is 0 Å². The van der Waals surface area contributed by atoms with Gasteiger partial charge in [0.1, 0.15) is 0 Å². The van der Waals surface area contributed by atoms with Crippen molar-refractivity contribution in [3.05, 3.63) is 84.4 Å². The van der Waals surface area contributed by atoms with E-state index in [1.165, 1.54) is 47.6 Å². The lowest BCUT2D eigenvalue weighted by Crippen LogP contribution is -2.10. The van der Waals surface area contributed by atoms with Gasteiger partial charge in [0.2, 0.25) is 0 Å². The molecule has 0 aliphatic rings. The van der Waals surface area contributed by atoms with Crippen LogP contribution in [0.5, 0.6) is 0 Å². The van der Waals surface area contributed by atoms with Crippen molar-refractivity contribution >= 4 is 42.3 Å². The van der Waals surface area contributed by atoms with Gasteiger partial charge in [-0.05, 0) is 57.1 Å². The number of hydrogen-bond donors (Lipinski definition) is 0. The van der Waals surface area contributed by atoms with Crippen LogP contribution in [0.4, 0.5) is 0 Å². The lowest BCUT2D eigenvalue weighted by molar-refractivity contribution is 0.591. The molecule has 0 radical (unpaired) electrons. The summed E-state index contributed by atoms with van der Waals surface area (Å²) in [7, 11) is 0. The molecule has 1 aromatic heterocycles. The topological polar surface area (TPSA) is 0 Å². The Morgan fingerprint density at radius 3 is 2.22 bits per heavy atom. The molecule has 132 valence electrons. The molecule has 1 heterocycles. The summed E-state index contributed by atoms with van der Waals surface area (Å²) in [6, 6.07) is 29.0. The van der Waals surface area contributed by atoms with Crippen molar-refractivity contribution in [1.82, 2.24) is 0 Å². The SMILES string of the molecule is CC(C)(C)c1cc(-c2ccc3ccccc3c2)c2c(c1)sc1ccccc12. The van der Waals surface area contributed by atoms with Crippen LogP contribution in [0.2, 0.25) is 0 Å². The highest BCUT2D eigenvalue weighted by molar-refractivity contribution is 7.25. The maximum atomic E-state index is 2.41. The average molecular weight is 367 g/mol. The minimum Gasteiger partial charge on any atom is -0.135 e. The minimum absolute atomic E-state index is 0.121. The second-order valence-electron chi connectivity index (χ2n) is 8.31. The monoisotopic (exact) mass is 366 g/mol. The first-order valence-electron chi connectivity index (χ1n) is 9.46. The van der Waals surface area contributed by atoms with Crippen molar-refractivity contribution in [1.29, 1.82) is 0 Å². The maximum Gasteiger partial charge on any atom is 0.0364 e. The summed E-state index contributed by atoms with van der Waals surface area (Å²) in [6.07, 6.45) is 0. The lowest BCUT2D eigenvalue weighted by Gasteiger charge is -2.21. The Morgan fingerprint density at radius 1 is 0.667 bits per heavy atom. The first-order chi connectivity index (χ1) is 13.0. The molecule has 27 heavy (non-hydrogen) atoms. The molecule has 0 aliphatic heterocycles. The van der Waals surface area contributed by atoms with Gasteiger partial charge in [0.15, 0.2) is 0 Å². The molecule has 0 N–H and O–H groups in total. The van der Waals surface area contributed by atoms with Gasteiger partial charge in [-0.25, -0.2) is 0 Å². The summed E-state index contributed by atoms with van der Waals surface area (Å²) >= 11 is 1.90. The average Bonchev–Trinajstić information content (AvgIpc) is 3.05. The molecule has 0 saturated carbocycles. The Bertz CT molecular complexity index is 1300. The highest BCUT2D eigenvalue weighted by Gasteiger charge is 2.19. The van der Waals surface area contributed by atoms with Crippen molar-refractivity contribution in [2.75, 3.05) is 0 Å². The fraction of sp³-hybridized carbons (Fsp3) is 0.154. The zero-order valence-electron chi connectivity index (χ0n) is 15.9. The van der Waals surface area contributed by atoms with E-state index in [2.05, 4.69) is 99.6 Å². The van der Waals surface area contributed by atoms with E-state index >= 15 is 0 Å². The Labute approximate surface area is 164 Å². The van der Waals surface area contributed by atoms with Gasteiger partial charge in [-0.15, -0.1) is 11.3 Å². The van der Waals surface area contributed by atoms with Gasteiger partial charge in [-0.2, -0.15) is 0 Å². The second-order valence-corrected chi connectivity index (χ2v) is 9.39. The van der Waals surface area contributed by atoms with Crippen LogP contribution in [-0.4, -0.2) is 0 Å². The summed E-state index contributed by atoms with van der Waals surface area (Å²) < 4.78 is 2.74. The first kappa shape index (κ1) is 16.5. The van der Waals surface area contributed by atoms with Crippen LogP contribution >= 0.6 is 11.3 Å². The van der Waals surface area contributed by atoms with E-state index in [4.69, 9.17) is 0 Å². The molecule has 0 aliphatic carbocycles. The molecule has 0 atom stereocenters. The number of fused-ring (bicyclic) bond motifs is 4. The summed E-state index contributed by atoms with van der Waals surface area (Å²) in [6.45, 7) is 6.89. The van der Waals surface area contributed by atoms with E-state index in [0.717, 1.165) is 0 Å². The first-order valence-corrected chi connectivity index (χ1v) is 10.3. The third kappa shape index (κ3) is 2.74. The molecule has 0 unspecified atom stereocenters. The molecule has 5 rings (SSSR count). The molecule has 5 aromatic rings. The van der Waals surface area contributed by atoms with E-state index in [1.807, 2.05) is 11.3 Å². The van der Waals surface area contributed by atoms with Gasteiger partial charge in [-0.1, -0.05) is 75.4 Å². The van der Waals surface area contributed by atoms with Crippen molar-refractivity contribution in [2.45, 2.75) is 26.2 Å². The van der Waals surface area contributed by atoms with Gasteiger partial charge < -0.3 is 0 Å². The molecule has 0 spiro atoms. The van der Waals surface area contributed by atoms with Gasteiger partial charge >= 0.3 is 0 Å². The molecular formula is C26H22S. The summed E-state index contributed by atoms with van der Waals surface area (Å²) in [5, 5.41) is 5.34. The fourth-order valence-electron chi connectivity index (χ4n) is 3.87. The molecule has 0 saturated heterocycles. The Hall–Kier alpha value is -2.64. The van der Waals surface area contributed by atoms with Crippen LogP contribution in [0.3, 0.4) is 0 Å². The number of hydrogen-bond acceptors (Lipinski definition) is 1. The predicted molar refractivity (Wildman–Crippen MR) is 121 cm³/mol. The van der Waals surface area contributed by atoms with E-state index in [-0.39, 0.29) is 5.41 Å². The van der Waals surface area contributed by atoms with Crippen molar-refractivity contribution < 1.29 is 0 Å². The van der Waals surface area contributed by atoms with E-state index in [1.54, 1.807) is 0 Å². The van der Waals surface area contributed by atoms with Crippen LogP contribution in [0.1, 0.15) is 26.3 Å². The Morgan fingerprint density at radius 2 is 1.41 bits per heavy atom. The fourth-order valence-corrected chi connectivity index (χ4v) is 5.04. The minimum atomic E-state index is 0.121. The zero-order valence-corrected chi connectivity index (χ0v) is 16.7. The number of rotatable bonds is 1. The summed E-state index contributed by atoms with van der Waals surface area (Å²) in [5.41, 5.74) is 4.16. The van der Waals surface area contributed by atoms with E-state index < -0.39 is 0 Å². The lowest BCUT2D eigenvalue weighted by atomic mass is 9.84. The van der Waals surface area contributed by atoms with Crippen LogP contribution in [0.15, 0.2) is 78.9 Å². The van der Waals surface area contributed by atoms with Crippen LogP contribution < -0.4 is 0 Å². The largest absolute Gasteiger partial charge is 0.135 e. The van der Waals surface area contributed by atoms with Crippen molar-refractivity contribution in [3.63, 3.8) is 0 Å². The van der Waals surface area contributed by atoms with Crippen molar-refractivity contribution in [2.24, 2.45) is 0 Å². The Balaban J connectivity index is 1.90. The zero-order chi connectivity index (χ0) is 18.6. The second kappa shape index (κ2) is 5.94. The van der Waals surface area contributed by atoms with Gasteiger partial charge in [0, 0.05) is 20.2 Å².